The van der Waals surface area contributed by atoms with Gasteiger partial charge in [0.25, 0.3) is 0 Å². The number of hydrogen-bond donors (Lipinski definition) is 1. The predicted molar refractivity (Wildman–Crippen MR) is 53.6 cm³/mol. The minimum absolute atomic E-state index is 0.0229. The Kier molecular flexibility index (Phi) is 2.61. The number of aliphatic hydroxyl groups is 1. The summed E-state index contributed by atoms with van der Waals surface area (Å²) < 4.78 is 0. The highest BCUT2D eigenvalue weighted by Gasteiger charge is 2.38. The van der Waals surface area contributed by atoms with E-state index in [0.717, 1.165) is 12.8 Å². The number of rotatable bonds is 1. The van der Waals surface area contributed by atoms with Crippen LogP contribution in [0.4, 0.5) is 0 Å². The second-order valence-corrected chi connectivity index (χ2v) is 4.90. The fraction of sp³-hybridized carbons (Fsp3) is 1.00. The molecular formula is C11H21NO. The Morgan fingerprint density at radius 1 is 1.15 bits per heavy atom. The molecule has 0 aromatic carbocycles. The summed E-state index contributed by atoms with van der Waals surface area (Å²) in [5.74, 6) is 0. The molecule has 0 saturated carbocycles. The highest BCUT2D eigenvalue weighted by molar-refractivity contribution is 4.93. The van der Waals surface area contributed by atoms with E-state index in [1.807, 2.05) is 0 Å². The standard InChI is InChI=1S/C11H21NO/c1-8(2)12-9-4-3-5-10(12)7-11(13)6-9/h8-11,13H,3-7H2,1-2H3/t9-,10-/m0/s1. The molecule has 0 aromatic rings. The Morgan fingerprint density at radius 3 is 2.15 bits per heavy atom. The molecule has 2 heterocycles. The van der Waals surface area contributed by atoms with Crippen LogP contribution >= 0.6 is 0 Å². The van der Waals surface area contributed by atoms with E-state index in [0.29, 0.717) is 18.1 Å². The van der Waals surface area contributed by atoms with E-state index in [1.54, 1.807) is 0 Å². The van der Waals surface area contributed by atoms with Gasteiger partial charge in [0.15, 0.2) is 0 Å². The molecule has 2 saturated heterocycles. The smallest absolute Gasteiger partial charge is 0.0570 e. The average Bonchev–Trinajstić information content (AvgIpc) is 2.01. The van der Waals surface area contributed by atoms with E-state index in [1.165, 1.54) is 19.3 Å². The van der Waals surface area contributed by atoms with Crippen LogP contribution in [0.1, 0.15) is 46.0 Å². The summed E-state index contributed by atoms with van der Waals surface area (Å²) in [6.45, 7) is 4.56. The quantitative estimate of drug-likeness (QED) is 0.669. The van der Waals surface area contributed by atoms with Crippen LogP contribution in [0.15, 0.2) is 0 Å². The van der Waals surface area contributed by atoms with Gasteiger partial charge in [-0.15, -0.1) is 0 Å². The molecule has 2 nitrogen and oxygen atoms in total. The molecule has 2 aliphatic heterocycles. The monoisotopic (exact) mass is 183 g/mol. The lowest BCUT2D eigenvalue weighted by molar-refractivity contribution is -0.0429. The van der Waals surface area contributed by atoms with Crippen LogP contribution in [0, 0.1) is 0 Å². The van der Waals surface area contributed by atoms with Gasteiger partial charge in [-0.2, -0.15) is 0 Å². The van der Waals surface area contributed by atoms with Crippen molar-refractivity contribution in [1.82, 2.24) is 4.90 Å². The van der Waals surface area contributed by atoms with Gasteiger partial charge in [-0.25, -0.2) is 0 Å². The SMILES string of the molecule is CC(C)N1[C@H]2CCC[C@H]1CC(O)C2. The van der Waals surface area contributed by atoms with Crippen LogP contribution in [-0.2, 0) is 0 Å². The zero-order valence-corrected chi connectivity index (χ0v) is 8.74. The number of nitrogens with zero attached hydrogens (tertiary/aromatic N) is 1. The maximum absolute atomic E-state index is 9.69. The van der Waals surface area contributed by atoms with Crippen LogP contribution in [0.25, 0.3) is 0 Å². The van der Waals surface area contributed by atoms with Gasteiger partial charge in [-0.05, 0) is 39.5 Å². The van der Waals surface area contributed by atoms with Gasteiger partial charge >= 0.3 is 0 Å². The number of aliphatic hydroxyl groups excluding tert-OH is 1. The van der Waals surface area contributed by atoms with Crippen molar-refractivity contribution in [3.8, 4) is 0 Å². The molecule has 76 valence electrons. The predicted octanol–water partition coefficient (Wildman–Crippen LogP) is 1.77. The summed E-state index contributed by atoms with van der Waals surface area (Å²) in [5.41, 5.74) is 0. The van der Waals surface area contributed by atoms with E-state index >= 15 is 0 Å². The molecule has 0 unspecified atom stereocenters. The molecule has 0 radical (unpaired) electrons. The second kappa shape index (κ2) is 3.58. The Morgan fingerprint density at radius 2 is 1.69 bits per heavy atom. The molecule has 0 aliphatic carbocycles. The van der Waals surface area contributed by atoms with Gasteiger partial charge in [0.1, 0.15) is 0 Å². The topological polar surface area (TPSA) is 23.5 Å². The fourth-order valence-corrected chi connectivity index (χ4v) is 3.23. The molecule has 2 fully saturated rings. The third-order valence-corrected chi connectivity index (χ3v) is 3.60. The number of piperidine rings is 2. The Labute approximate surface area is 80.9 Å². The van der Waals surface area contributed by atoms with Crippen LogP contribution in [0.2, 0.25) is 0 Å². The Bertz CT molecular complexity index is 167. The molecule has 0 spiro atoms. The molecule has 13 heavy (non-hydrogen) atoms. The molecule has 0 aromatic heterocycles. The zero-order valence-electron chi connectivity index (χ0n) is 8.74. The van der Waals surface area contributed by atoms with E-state index in [4.69, 9.17) is 0 Å². The summed E-state index contributed by atoms with van der Waals surface area (Å²) in [4.78, 5) is 2.64. The van der Waals surface area contributed by atoms with Crippen molar-refractivity contribution in [2.24, 2.45) is 0 Å². The third-order valence-electron chi connectivity index (χ3n) is 3.60. The maximum Gasteiger partial charge on any atom is 0.0570 e. The first kappa shape index (κ1) is 9.47. The normalized spacial score (nSPS) is 41.1. The minimum atomic E-state index is -0.0229. The molecular weight excluding hydrogens is 162 g/mol. The average molecular weight is 183 g/mol. The molecule has 2 rings (SSSR count). The van der Waals surface area contributed by atoms with Crippen molar-refractivity contribution in [2.75, 3.05) is 0 Å². The first-order chi connectivity index (χ1) is 6.18. The fourth-order valence-electron chi connectivity index (χ4n) is 3.23. The highest BCUT2D eigenvalue weighted by Crippen LogP contribution is 2.35. The van der Waals surface area contributed by atoms with E-state index in [-0.39, 0.29) is 6.10 Å². The van der Waals surface area contributed by atoms with Gasteiger partial charge in [0, 0.05) is 18.1 Å². The van der Waals surface area contributed by atoms with E-state index < -0.39 is 0 Å². The zero-order chi connectivity index (χ0) is 9.42. The van der Waals surface area contributed by atoms with Crippen LogP contribution in [0.5, 0.6) is 0 Å². The van der Waals surface area contributed by atoms with Crippen molar-refractivity contribution in [3.63, 3.8) is 0 Å². The van der Waals surface area contributed by atoms with Crippen molar-refractivity contribution >= 4 is 0 Å². The number of hydrogen-bond acceptors (Lipinski definition) is 2. The van der Waals surface area contributed by atoms with Crippen molar-refractivity contribution in [2.45, 2.75) is 70.2 Å². The van der Waals surface area contributed by atoms with Crippen LogP contribution < -0.4 is 0 Å². The molecule has 2 aliphatic rings. The molecule has 2 heteroatoms. The molecule has 2 atom stereocenters. The van der Waals surface area contributed by atoms with E-state index in [9.17, 15) is 5.11 Å². The molecule has 0 amide bonds. The van der Waals surface area contributed by atoms with Crippen LogP contribution in [-0.4, -0.2) is 34.2 Å². The van der Waals surface area contributed by atoms with E-state index in [2.05, 4.69) is 18.7 Å². The molecule has 2 bridgehead atoms. The maximum atomic E-state index is 9.69. The van der Waals surface area contributed by atoms with Crippen molar-refractivity contribution in [3.05, 3.63) is 0 Å². The number of fused-ring (bicyclic) bond motifs is 2. The lowest BCUT2D eigenvalue weighted by atomic mass is 9.82. The summed E-state index contributed by atoms with van der Waals surface area (Å²) in [5, 5.41) is 9.69. The van der Waals surface area contributed by atoms with Crippen molar-refractivity contribution in [1.29, 1.82) is 0 Å². The largest absolute Gasteiger partial charge is 0.393 e. The minimum Gasteiger partial charge on any atom is -0.393 e. The van der Waals surface area contributed by atoms with Gasteiger partial charge in [-0.1, -0.05) is 6.42 Å². The lowest BCUT2D eigenvalue weighted by Gasteiger charge is -2.50. The first-order valence-corrected chi connectivity index (χ1v) is 5.64. The Hall–Kier alpha value is -0.0800. The summed E-state index contributed by atoms with van der Waals surface area (Å²) in [6, 6.07) is 1.99. The molecule has 1 N–H and O–H groups in total. The highest BCUT2D eigenvalue weighted by atomic mass is 16.3. The first-order valence-electron chi connectivity index (χ1n) is 5.64. The lowest BCUT2D eigenvalue weighted by Crippen LogP contribution is -2.56. The van der Waals surface area contributed by atoms with Gasteiger partial charge in [0.05, 0.1) is 6.10 Å². The van der Waals surface area contributed by atoms with Crippen molar-refractivity contribution < 1.29 is 5.11 Å². The third kappa shape index (κ3) is 1.75. The summed E-state index contributed by atoms with van der Waals surface area (Å²) >= 11 is 0. The van der Waals surface area contributed by atoms with Crippen LogP contribution in [0.3, 0.4) is 0 Å². The van der Waals surface area contributed by atoms with Gasteiger partial charge in [0.2, 0.25) is 0 Å². The van der Waals surface area contributed by atoms with Gasteiger partial charge < -0.3 is 5.11 Å². The second-order valence-electron chi connectivity index (χ2n) is 4.90. The van der Waals surface area contributed by atoms with Gasteiger partial charge in [-0.3, -0.25) is 4.90 Å². The summed E-state index contributed by atoms with van der Waals surface area (Å²) in [7, 11) is 0. The Balaban J connectivity index is 2.10. The summed E-state index contributed by atoms with van der Waals surface area (Å²) in [6.07, 6.45) is 5.96.